The third-order valence-electron chi connectivity index (χ3n) is 5.95. The molecule has 0 amide bonds. The van der Waals surface area contributed by atoms with Crippen molar-refractivity contribution >= 4 is 44.3 Å². The fourth-order valence-electron chi connectivity index (χ4n) is 4.49. The Hall–Kier alpha value is -3.16. The summed E-state index contributed by atoms with van der Waals surface area (Å²) in [6.07, 6.45) is 3.63. The molecule has 0 radical (unpaired) electrons. The molecule has 180 valence electrons. The summed E-state index contributed by atoms with van der Waals surface area (Å²) in [5, 5.41) is 11.2. The topological polar surface area (TPSA) is 75.5 Å². The number of aryl methyl sites for hydroxylation is 1. The van der Waals surface area contributed by atoms with E-state index in [0.717, 1.165) is 50.7 Å². The molecule has 1 N–H and O–H groups in total. The van der Waals surface area contributed by atoms with E-state index >= 15 is 0 Å². The molecule has 2 aromatic heterocycles. The monoisotopic (exact) mass is 507 g/mol. The molecule has 1 aliphatic rings. The van der Waals surface area contributed by atoms with Crippen molar-refractivity contribution in [3.05, 3.63) is 70.0 Å². The number of rotatable bonds is 5. The van der Waals surface area contributed by atoms with Crippen LogP contribution in [0.15, 0.2) is 42.7 Å². The number of nitrogens with zero attached hydrogens (tertiary/aromatic N) is 3. The van der Waals surface area contributed by atoms with Crippen LogP contribution < -0.4 is 9.64 Å². The van der Waals surface area contributed by atoms with Crippen LogP contribution in [0.1, 0.15) is 43.0 Å². The average Bonchev–Trinajstić information content (AvgIpc) is 3.37. The van der Waals surface area contributed by atoms with E-state index in [2.05, 4.69) is 9.88 Å². The predicted molar refractivity (Wildman–Crippen MR) is 141 cm³/mol. The lowest BCUT2D eigenvalue weighted by Crippen LogP contribution is -2.23. The average molecular weight is 508 g/mol. The minimum atomic E-state index is -0.881. The SMILES string of the molecule is Cc1cc2nc(N3Cc4ccncc4C3)sc2c(-c2ccc(Cl)cc2OC(C)(C)C)c1CC(=O)O. The second kappa shape index (κ2) is 8.81. The van der Waals surface area contributed by atoms with E-state index in [9.17, 15) is 9.90 Å². The first kappa shape index (κ1) is 23.6. The van der Waals surface area contributed by atoms with Gasteiger partial charge in [0.1, 0.15) is 11.4 Å². The Labute approximate surface area is 213 Å². The molecule has 5 rings (SSSR count). The molecule has 8 heteroatoms. The molecule has 2 aromatic carbocycles. The number of hydrogen-bond acceptors (Lipinski definition) is 6. The number of carboxylic acids is 1. The van der Waals surface area contributed by atoms with Crippen molar-refractivity contribution in [1.82, 2.24) is 9.97 Å². The summed E-state index contributed by atoms with van der Waals surface area (Å²) in [4.78, 5) is 23.3. The number of carbonyl (C=O) groups is 1. The van der Waals surface area contributed by atoms with Gasteiger partial charge in [-0.25, -0.2) is 4.98 Å². The highest BCUT2D eigenvalue weighted by Gasteiger charge is 2.26. The Morgan fingerprint density at radius 1 is 1.20 bits per heavy atom. The molecule has 0 atom stereocenters. The zero-order valence-corrected chi connectivity index (χ0v) is 21.6. The van der Waals surface area contributed by atoms with Crippen LogP contribution in [0.4, 0.5) is 5.13 Å². The molecule has 0 unspecified atom stereocenters. The Morgan fingerprint density at radius 3 is 2.69 bits per heavy atom. The molecule has 0 fully saturated rings. The largest absolute Gasteiger partial charge is 0.487 e. The van der Waals surface area contributed by atoms with Crippen molar-refractivity contribution in [2.45, 2.75) is 52.8 Å². The summed E-state index contributed by atoms with van der Waals surface area (Å²) in [5.41, 5.74) is 6.15. The Balaban J connectivity index is 1.71. The number of carboxylic acid groups (broad SMARTS) is 1. The van der Waals surface area contributed by atoms with Crippen molar-refractivity contribution in [3.63, 3.8) is 0 Å². The van der Waals surface area contributed by atoms with Crippen molar-refractivity contribution in [1.29, 1.82) is 0 Å². The molecule has 1 aliphatic heterocycles. The number of pyridine rings is 1. The van der Waals surface area contributed by atoms with Gasteiger partial charge in [0.15, 0.2) is 5.13 Å². The summed E-state index contributed by atoms with van der Waals surface area (Å²) in [6, 6.07) is 9.57. The molecule has 4 aromatic rings. The molecular weight excluding hydrogens is 482 g/mol. The van der Waals surface area contributed by atoms with Gasteiger partial charge in [-0.2, -0.15) is 0 Å². The van der Waals surface area contributed by atoms with Gasteiger partial charge in [0.2, 0.25) is 0 Å². The van der Waals surface area contributed by atoms with Crippen LogP contribution in [-0.4, -0.2) is 26.6 Å². The fourth-order valence-corrected chi connectivity index (χ4v) is 5.79. The maximum Gasteiger partial charge on any atom is 0.307 e. The smallest absolute Gasteiger partial charge is 0.307 e. The third-order valence-corrected chi connectivity index (χ3v) is 7.34. The van der Waals surface area contributed by atoms with Gasteiger partial charge in [-0.3, -0.25) is 9.78 Å². The van der Waals surface area contributed by atoms with Gasteiger partial charge in [-0.05, 0) is 80.3 Å². The maximum atomic E-state index is 11.9. The molecule has 0 saturated heterocycles. The quantitative estimate of drug-likeness (QED) is 0.326. The normalized spacial score (nSPS) is 13.3. The van der Waals surface area contributed by atoms with Gasteiger partial charge in [-0.1, -0.05) is 22.9 Å². The van der Waals surface area contributed by atoms with E-state index in [-0.39, 0.29) is 6.42 Å². The first-order valence-electron chi connectivity index (χ1n) is 11.4. The van der Waals surface area contributed by atoms with E-state index in [0.29, 0.717) is 10.8 Å². The van der Waals surface area contributed by atoms with Crippen molar-refractivity contribution in [2.24, 2.45) is 0 Å². The number of aliphatic carboxylic acids is 1. The predicted octanol–water partition coefficient (Wildman–Crippen LogP) is 6.64. The molecule has 0 aliphatic carbocycles. The van der Waals surface area contributed by atoms with Crippen molar-refractivity contribution in [3.8, 4) is 16.9 Å². The number of halogens is 1. The van der Waals surface area contributed by atoms with E-state index < -0.39 is 11.6 Å². The van der Waals surface area contributed by atoms with E-state index in [1.165, 1.54) is 11.1 Å². The Kier molecular flexibility index (Phi) is 5.93. The first-order chi connectivity index (χ1) is 16.6. The maximum absolute atomic E-state index is 11.9. The van der Waals surface area contributed by atoms with Crippen LogP contribution in [0.25, 0.3) is 21.3 Å². The lowest BCUT2D eigenvalue weighted by Gasteiger charge is -2.24. The number of thiazole rings is 1. The van der Waals surface area contributed by atoms with Gasteiger partial charge in [0.25, 0.3) is 0 Å². The number of ether oxygens (including phenoxy) is 1. The highest BCUT2D eigenvalue weighted by Crippen LogP contribution is 2.45. The summed E-state index contributed by atoms with van der Waals surface area (Å²) in [6.45, 7) is 9.40. The fraction of sp³-hybridized carbons (Fsp3) is 0.296. The molecule has 0 spiro atoms. The van der Waals surface area contributed by atoms with E-state index in [1.54, 1.807) is 17.4 Å². The van der Waals surface area contributed by atoms with E-state index in [4.69, 9.17) is 21.3 Å². The summed E-state index contributed by atoms with van der Waals surface area (Å²) in [5.74, 6) is -0.258. The van der Waals surface area contributed by atoms with Crippen molar-refractivity contribution < 1.29 is 14.6 Å². The minimum absolute atomic E-state index is 0.0945. The standard InChI is InChI=1S/C27H26ClN3O3S/c1-15-9-21-25(35-26(30-21)31-13-16-7-8-29-12-17(16)14-31)24(20(15)11-23(32)33)19-6-5-18(28)10-22(19)34-27(2,3)4/h5-10,12H,11,13-14H2,1-4H3,(H,32,33). The molecule has 0 bridgehead atoms. The van der Waals surface area contributed by atoms with Crippen LogP contribution >= 0.6 is 22.9 Å². The number of fused-ring (bicyclic) bond motifs is 2. The van der Waals surface area contributed by atoms with E-state index in [1.807, 2.05) is 64.4 Å². The molecule has 0 saturated carbocycles. The second-order valence-electron chi connectivity index (χ2n) is 9.82. The van der Waals surface area contributed by atoms with Gasteiger partial charge < -0.3 is 14.7 Å². The summed E-state index contributed by atoms with van der Waals surface area (Å²) < 4.78 is 7.24. The Morgan fingerprint density at radius 2 is 1.97 bits per heavy atom. The summed E-state index contributed by atoms with van der Waals surface area (Å²) >= 11 is 7.93. The van der Waals surface area contributed by atoms with Crippen LogP contribution in [0, 0.1) is 6.92 Å². The number of hydrogen-bond donors (Lipinski definition) is 1. The highest BCUT2D eigenvalue weighted by molar-refractivity contribution is 7.22. The zero-order chi connectivity index (χ0) is 24.9. The molecule has 35 heavy (non-hydrogen) atoms. The molecular formula is C27H26ClN3O3S. The van der Waals surface area contributed by atoms with Gasteiger partial charge in [-0.15, -0.1) is 0 Å². The summed E-state index contributed by atoms with van der Waals surface area (Å²) in [7, 11) is 0. The highest BCUT2D eigenvalue weighted by atomic mass is 35.5. The lowest BCUT2D eigenvalue weighted by molar-refractivity contribution is -0.136. The number of anilines is 1. The van der Waals surface area contributed by atoms with Crippen molar-refractivity contribution in [2.75, 3.05) is 4.90 Å². The zero-order valence-electron chi connectivity index (χ0n) is 20.1. The number of aromatic nitrogens is 2. The van der Waals surface area contributed by atoms with Gasteiger partial charge >= 0.3 is 5.97 Å². The van der Waals surface area contributed by atoms with Crippen LogP contribution in [0.5, 0.6) is 5.75 Å². The second-order valence-corrected chi connectivity index (χ2v) is 11.2. The Bertz CT molecular complexity index is 1430. The van der Waals surface area contributed by atoms with Crippen LogP contribution in [-0.2, 0) is 24.3 Å². The van der Waals surface area contributed by atoms with Crippen LogP contribution in [0.2, 0.25) is 5.02 Å². The molecule has 3 heterocycles. The first-order valence-corrected chi connectivity index (χ1v) is 12.6. The minimum Gasteiger partial charge on any atom is -0.487 e. The number of benzene rings is 2. The van der Waals surface area contributed by atoms with Gasteiger partial charge in [0, 0.05) is 41.6 Å². The van der Waals surface area contributed by atoms with Gasteiger partial charge in [0.05, 0.1) is 16.6 Å². The molecule has 6 nitrogen and oxygen atoms in total. The lowest BCUT2D eigenvalue weighted by atomic mass is 9.92. The van der Waals surface area contributed by atoms with Crippen LogP contribution in [0.3, 0.4) is 0 Å². The third kappa shape index (κ3) is 4.70.